The highest BCUT2D eigenvalue weighted by atomic mass is 16.1. The third-order valence-corrected chi connectivity index (χ3v) is 3.81. The van der Waals surface area contributed by atoms with E-state index in [4.69, 9.17) is 0 Å². The van der Waals surface area contributed by atoms with Crippen molar-refractivity contribution in [2.75, 3.05) is 0 Å². The standard InChI is InChI=1S/C11H10O2/c12-8-3-1-5-10-7-11(8,10)6-2-4-9(10)13/h1-4H,5-7H2. The predicted molar refractivity (Wildman–Crippen MR) is 47.0 cm³/mol. The Kier molecular flexibility index (Phi) is 1.02. The quantitative estimate of drug-likeness (QED) is 0.556. The summed E-state index contributed by atoms with van der Waals surface area (Å²) in [5.41, 5.74) is -0.624. The first-order valence-electron chi connectivity index (χ1n) is 4.63. The Hall–Kier alpha value is -1.18. The predicted octanol–water partition coefficient (Wildman–Crippen LogP) is 1.42. The number of ketones is 2. The van der Waals surface area contributed by atoms with Crippen molar-refractivity contribution in [3.63, 3.8) is 0 Å². The SMILES string of the molecule is O=C1C=CCC23CC12CC=CC3=O. The number of allylic oxidation sites excluding steroid dienone is 4. The molecular weight excluding hydrogens is 164 g/mol. The minimum atomic E-state index is -0.312. The van der Waals surface area contributed by atoms with Crippen molar-refractivity contribution in [2.24, 2.45) is 10.8 Å². The fourth-order valence-electron chi connectivity index (χ4n) is 2.91. The molecule has 1 saturated carbocycles. The molecule has 0 spiro atoms. The summed E-state index contributed by atoms with van der Waals surface area (Å²) in [5, 5.41) is 0. The summed E-state index contributed by atoms with van der Waals surface area (Å²) < 4.78 is 0. The Morgan fingerprint density at radius 2 is 1.38 bits per heavy atom. The summed E-state index contributed by atoms with van der Waals surface area (Å²) in [4.78, 5) is 23.3. The fraction of sp³-hybridized carbons (Fsp3) is 0.455. The van der Waals surface area contributed by atoms with Crippen LogP contribution in [0.15, 0.2) is 24.3 Å². The molecule has 0 bridgehead atoms. The van der Waals surface area contributed by atoms with Crippen LogP contribution < -0.4 is 0 Å². The van der Waals surface area contributed by atoms with E-state index in [1.54, 1.807) is 12.2 Å². The number of carbonyl (C=O) groups excluding carboxylic acids is 2. The molecule has 2 atom stereocenters. The van der Waals surface area contributed by atoms with Crippen LogP contribution in [0, 0.1) is 10.8 Å². The molecule has 0 amide bonds. The summed E-state index contributed by atoms with van der Waals surface area (Å²) in [7, 11) is 0. The monoisotopic (exact) mass is 174 g/mol. The van der Waals surface area contributed by atoms with Gasteiger partial charge in [0.1, 0.15) is 0 Å². The van der Waals surface area contributed by atoms with Crippen LogP contribution in [0.25, 0.3) is 0 Å². The maximum atomic E-state index is 11.7. The molecule has 0 aromatic heterocycles. The molecule has 0 saturated heterocycles. The molecule has 0 N–H and O–H groups in total. The van der Waals surface area contributed by atoms with Gasteiger partial charge in [0.05, 0.1) is 10.8 Å². The molecule has 0 radical (unpaired) electrons. The summed E-state index contributed by atoms with van der Waals surface area (Å²) in [6.07, 6.45) is 9.31. The highest BCUT2D eigenvalue weighted by Gasteiger charge is 2.74. The fourth-order valence-corrected chi connectivity index (χ4v) is 2.91. The lowest BCUT2D eigenvalue weighted by molar-refractivity contribution is -0.128. The lowest BCUT2D eigenvalue weighted by Gasteiger charge is -2.25. The summed E-state index contributed by atoms with van der Waals surface area (Å²) in [5.74, 6) is 0.327. The van der Waals surface area contributed by atoms with E-state index in [9.17, 15) is 9.59 Å². The van der Waals surface area contributed by atoms with Crippen molar-refractivity contribution in [1.29, 1.82) is 0 Å². The van der Waals surface area contributed by atoms with Crippen LogP contribution in [0.1, 0.15) is 19.3 Å². The number of hydrogen-bond acceptors (Lipinski definition) is 2. The van der Waals surface area contributed by atoms with E-state index in [1.165, 1.54) is 0 Å². The second kappa shape index (κ2) is 1.84. The average molecular weight is 174 g/mol. The van der Waals surface area contributed by atoms with Crippen molar-refractivity contribution in [3.8, 4) is 0 Å². The lowest BCUT2D eigenvalue weighted by atomic mass is 9.75. The maximum absolute atomic E-state index is 11.7. The first-order valence-corrected chi connectivity index (χ1v) is 4.63. The van der Waals surface area contributed by atoms with Gasteiger partial charge in [-0.3, -0.25) is 9.59 Å². The van der Waals surface area contributed by atoms with Gasteiger partial charge in [-0.05, 0) is 31.4 Å². The molecular formula is C11H10O2. The first-order chi connectivity index (χ1) is 6.21. The van der Waals surface area contributed by atoms with Crippen molar-refractivity contribution in [1.82, 2.24) is 0 Å². The van der Waals surface area contributed by atoms with Crippen molar-refractivity contribution < 1.29 is 9.59 Å². The molecule has 0 aromatic rings. The van der Waals surface area contributed by atoms with Crippen molar-refractivity contribution in [3.05, 3.63) is 24.3 Å². The van der Waals surface area contributed by atoms with Crippen LogP contribution in [-0.2, 0) is 9.59 Å². The summed E-state index contributed by atoms with van der Waals surface area (Å²) >= 11 is 0. The molecule has 2 nitrogen and oxygen atoms in total. The van der Waals surface area contributed by atoms with Crippen LogP contribution >= 0.6 is 0 Å². The van der Waals surface area contributed by atoms with E-state index >= 15 is 0 Å². The normalized spacial score (nSPS) is 45.8. The second-order valence-electron chi connectivity index (χ2n) is 4.28. The van der Waals surface area contributed by atoms with Gasteiger partial charge in [0.2, 0.25) is 0 Å². The number of rotatable bonds is 0. The molecule has 2 unspecified atom stereocenters. The van der Waals surface area contributed by atoms with Gasteiger partial charge in [-0.2, -0.15) is 0 Å². The maximum Gasteiger partial charge on any atom is 0.162 e. The Morgan fingerprint density at radius 1 is 0.923 bits per heavy atom. The summed E-state index contributed by atoms with van der Waals surface area (Å²) in [6.45, 7) is 0. The molecule has 0 aliphatic heterocycles. The zero-order valence-electron chi connectivity index (χ0n) is 7.25. The van der Waals surface area contributed by atoms with Gasteiger partial charge >= 0.3 is 0 Å². The molecule has 2 heteroatoms. The van der Waals surface area contributed by atoms with Crippen LogP contribution in [-0.4, -0.2) is 11.6 Å². The third kappa shape index (κ3) is 0.588. The Balaban J connectivity index is 2.17. The van der Waals surface area contributed by atoms with E-state index in [0.29, 0.717) is 0 Å². The highest BCUT2D eigenvalue weighted by molar-refractivity contribution is 6.11. The number of carbonyl (C=O) groups is 2. The van der Waals surface area contributed by atoms with Crippen LogP contribution in [0.5, 0.6) is 0 Å². The van der Waals surface area contributed by atoms with Gasteiger partial charge < -0.3 is 0 Å². The van der Waals surface area contributed by atoms with Gasteiger partial charge in [-0.25, -0.2) is 0 Å². The van der Waals surface area contributed by atoms with Crippen LogP contribution in [0.3, 0.4) is 0 Å². The third-order valence-electron chi connectivity index (χ3n) is 3.81. The van der Waals surface area contributed by atoms with Crippen molar-refractivity contribution in [2.45, 2.75) is 19.3 Å². The van der Waals surface area contributed by atoms with Crippen LogP contribution in [0.4, 0.5) is 0 Å². The number of hydrogen-bond donors (Lipinski definition) is 0. The van der Waals surface area contributed by atoms with Gasteiger partial charge in [-0.1, -0.05) is 12.2 Å². The molecule has 66 valence electrons. The Bertz CT molecular complexity index is 342. The zero-order chi connectivity index (χ0) is 9.10. The van der Waals surface area contributed by atoms with Gasteiger partial charge in [0.15, 0.2) is 11.6 Å². The second-order valence-corrected chi connectivity index (χ2v) is 4.28. The molecule has 1 fully saturated rings. The smallest absolute Gasteiger partial charge is 0.162 e. The topological polar surface area (TPSA) is 34.1 Å². The minimum Gasteiger partial charge on any atom is -0.294 e. The molecule has 3 aliphatic carbocycles. The van der Waals surface area contributed by atoms with Gasteiger partial charge in [-0.15, -0.1) is 0 Å². The molecule has 0 heterocycles. The molecule has 3 aliphatic rings. The molecule has 0 aromatic carbocycles. The van der Waals surface area contributed by atoms with E-state index in [1.807, 2.05) is 12.2 Å². The van der Waals surface area contributed by atoms with Crippen molar-refractivity contribution >= 4 is 11.6 Å². The van der Waals surface area contributed by atoms with Gasteiger partial charge in [0.25, 0.3) is 0 Å². The van der Waals surface area contributed by atoms with E-state index in [-0.39, 0.29) is 22.4 Å². The average Bonchev–Trinajstić information content (AvgIpc) is 2.78. The first kappa shape index (κ1) is 7.25. The lowest BCUT2D eigenvalue weighted by Crippen LogP contribution is -2.32. The molecule has 13 heavy (non-hydrogen) atoms. The largest absolute Gasteiger partial charge is 0.294 e. The van der Waals surface area contributed by atoms with E-state index in [2.05, 4.69) is 0 Å². The van der Waals surface area contributed by atoms with E-state index in [0.717, 1.165) is 19.3 Å². The summed E-state index contributed by atoms with van der Waals surface area (Å²) in [6, 6.07) is 0. The van der Waals surface area contributed by atoms with E-state index < -0.39 is 0 Å². The van der Waals surface area contributed by atoms with Gasteiger partial charge in [0, 0.05) is 0 Å². The zero-order valence-corrected chi connectivity index (χ0v) is 7.25. The molecule has 3 rings (SSSR count). The highest BCUT2D eigenvalue weighted by Crippen LogP contribution is 2.72. The van der Waals surface area contributed by atoms with Crippen LogP contribution in [0.2, 0.25) is 0 Å². The Morgan fingerprint density at radius 3 is 1.85 bits per heavy atom. The minimum absolute atomic E-state index is 0.163. The Labute approximate surface area is 76.3 Å².